The molecule has 0 N–H and O–H groups in total. The Balaban J connectivity index is 1.58. The maximum absolute atomic E-state index is 13.7. The maximum Gasteiger partial charge on any atom is 0.247 e. The molecule has 7 nitrogen and oxygen atoms in total. The number of sulfonamides is 1. The first-order chi connectivity index (χ1) is 14.4. The van der Waals surface area contributed by atoms with Crippen molar-refractivity contribution in [2.75, 3.05) is 20.2 Å². The highest BCUT2D eigenvalue weighted by Gasteiger charge is 2.35. The first-order valence-electron chi connectivity index (χ1n) is 9.31. The van der Waals surface area contributed by atoms with E-state index in [-0.39, 0.29) is 41.4 Å². The molecule has 2 heterocycles. The van der Waals surface area contributed by atoms with Gasteiger partial charge in [-0.25, -0.2) is 17.2 Å². The first-order valence-corrected chi connectivity index (χ1v) is 10.8. The van der Waals surface area contributed by atoms with Crippen molar-refractivity contribution in [3.63, 3.8) is 0 Å². The summed E-state index contributed by atoms with van der Waals surface area (Å²) in [5.74, 6) is -0.731. The van der Waals surface area contributed by atoms with Crippen molar-refractivity contribution in [2.24, 2.45) is 0 Å². The highest BCUT2D eigenvalue weighted by Crippen LogP contribution is 2.34. The Morgan fingerprint density at radius 2 is 1.83 bits per heavy atom. The molecule has 1 aromatic heterocycles. The van der Waals surface area contributed by atoms with Crippen LogP contribution in [0.1, 0.15) is 24.7 Å². The van der Waals surface area contributed by atoms with Gasteiger partial charge in [-0.05, 0) is 55.3 Å². The van der Waals surface area contributed by atoms with Crippen LogP contribution in [-0.4, -0.2) is 43.1 Å². The van der Waals surface area contributed by atoms with Crippen LogP contribution in [0.5, 0.6) is 5.75 Å². The third-order valence-corrected chi connectivity index (χ3v) is 6.89. The summed E-state index contributed by atoms with van der Waals surface area (Å²) >= 11 is 0. The summed E-state index contributed by atoms with van der Waals surface area (Å²) in [6, 6.07) is 9.03. The fourth-order valence-corrected chi connectivity index (χ4v) is 5.15. The van der Waals surface area contributed by atoms with E-state index >= 15 is 0 Å². The monoisotopic (exact) mass is 435 g/mol. The molecule has 0 bridgehead atoms. The second-order valence-corrected chi connectivity index (χ2v) is 8.86. The zero-order valence-electron chi connectivity index (χ0n) is 16.1. The summed E-state index contributed by atoms with van der Waals surface area (Å²) in [7, 11) is -2.65. The van der Waals surface area contributed by atoms with Crippen molar-refractivity contribution >= 4 is 10.0 Å². The Morgan fingerprint density at radius 3 is 2.57 bits per heavy atom. The quantitative estimate of drug-likeness (QED) is 0.609. The molecule has 0 amide bonds. The summed E-state index contributed by atoms with van der Waals surface area (Å²) in [5.41, 5.74) is 0.569. The van der Waals surface area contributed by atoms with Gasteiger partial charge in [-0.2, -0.15) is 4.31 Å². The van der Waals surface area contributed by atoms with Gasteiger partial charge in [-0.1, -0.05) is 0 Å². The van der Waals surface area contributed by atoms with E-state index in [0.29, 0.717) is 24.3 Å². The van der Waals surface area contributed by atoms with Gasteiger partial charge < -0.3 is 9.15 Å². The molecule has 0 aliphatic carbocycles. The van der Waals surface area contributed by atoms with Crippen LogP contribution in [0.2, 0.25) is 0 Å². The van der Waals surface area contributed by atoms with E-state index in [0.717, 1.165) is 12.1 Å². The lowest BCUT2D eigenvalue weighted by atomic mass is 10.00. The molecule has 1 atom stereocenters. The highest BCUT2D eigenvalue weighted by molar-refractivity contribution is 7.89. The number of hydrogen-bond acceptors (Lipinski definition) is 6. The third kappa shape index (κ3) is 3.92. The highest BCUT2D eigenvalue weighted by atomic mass is 32.2. The van der Waals surface area contributed by atoms with Crippen LogP contribution in [0.3, 0.4) is 0 Å². The van der Waals surface area contributed by atoms with Crippen LogP contribution < -0.4 is 4.74 Å². The molecule has 30 heavy (non-hydrogen) atoms. The van der Waals surface area contributed by atoms with Gasteiger partial charge in [0.25, 0.3) is 0 Å². The van der Waals surface area contributed by atoms with Crippen LogP contribution in [0.25, 0.3) is 11.5 Å². The van der Waals surface area contributed by atoms with E-state index in [4.69, 9.17) is 9.15 Å². The van der Waals surface area contributed by atoms with Gasteiger partial charge in [0.15, 0.2) is 0 Å². The molecule has 1 fully saturated rings. The minimum absolute atomic E-state index is 0.0786. The number of nitrogens with zero attached hydrogens (tertiary/aromatic N) is 3. The summed E-state index contributed by atoms with van der Waals surface area (Å²) in [5, 5.41) is 8.06. The van der Waals surface area contributed by atoms with Gasteiger partial charge in [0, 0.05) is 18.7 Å². The number of benzene rings is 2. The van der Waals surface area contributed by atoms with Crippen molar-refractivity contribution in [3.05, 3.63) is 60.0 Å². The van der Waals surface area contributed by atoms with Gasteiger partial charge in [-0.3, -0.25) is 0 Å². The minimum atomic E-state index is -3.98. The number of halogens is 2. The zero-order chi connectivity index (χ0) is 21.3. The van der Waals surface area contributed by atoms with E-state index in [9.17, 15) is 17.2 Å². The van der Waals surface area contributed by atoms with Crippen LogP contribution in [0.15, 0.2) is 51.8 Å². The smallest absolute Gasteiger partial charge is 0.247 e. The van der Waals surface area contributed by atoms with E-state index in [2.05, 4.69) is 10.2 Å². The summed E-state index contributed by atoms with van der Waals surface area (Å²) in [6.45, 7) is 0.407. The first kappa shape index (κ1) is 20.4. The average molecular weight is 435 g/mol. The second-order valence-electron chi connectivity index (χ2n) is 6.95. The lowest BCUT2D eigenvalue weighted by Gasteiger charge is -2.30. The number of methoxy groups -OCH3 is 1. The molecule has 4 rings (SSSR count). The molecule has 158 valence electrons. The fourth-order valence-electron chi connectivity index (χ4n) is 3.46. The van der Waals surface area contributed by atoms with Crippen LogP contribution in [0.4, 0.5) is 8.78 Å². The zero-order valence-corrected chi connectivity index (χ0v) is 16.9. The molecule has 1 saturated heterocycles. The van der Waals surface area contributed by atoms with Gasteiger partial charge >= 0.3 is 0 Å². The van der Waals surface area contributed by atoms with Gasteiger partial charge in [0.05, 0.1) is 13.0 Å². The molecular formula is C20H19F2N3O4S. The Morgan fingerprint density at radius 1 is 1.10 bits per heavy atom. The second kappa shape index (κ2) is 8.11. The predicted molar refractivity (Wildman–Crippen MR) is 103 cm³/mol. The minimum Gasteiger partial charge on any atom is -0.495 e. The molecule has 0 spiro atoms. The SMILES string of the molecule is COc1ccc(F)cc1S(=O)(=O)N1CCCC(c2nnc(-c3ccc(F)cc3)o2)C1. The number of ether oxygens (including phenoxy) is 1. The van der Waals surface area contributed by atoms with E-state index in [1.165, 1.54) is 41.7 Å². The molecule has 1 unspecified atom stereocenters. The Bertz CT molecular complexity index is 1150. The molecule has 2 aromatic carbocycles. The van der Waals surface area contributed by atoms with Crippen LogP contribution in [-0.2, 0) is 10.0 Å². The Labute approximate surface area is 172 Å². The Kier molecular flexibility index (Phi) is 5.52. The number of piperidine rings is 1. The third-order valence-electron chi connectivity index (χ3n) is 5.01. The lowest BCUT2D eigenvalue weighted by Crippen LogP contribution is -2.39. The topological polar surface area (TPSA) is 85.5 Å². The number of hydrogen-bond donors (Lipinski definition) is 0. The Hall–Kier alpha value is -2.85. The van der Waals surface area contributed by atoms with E-state index < -0.39 is 15.8 Å². The summed E-state index contributed by atoms with van der Waals surface area (Å²) in [4.78, 5) is -0.219. The number of aromatic nitrogens is 2. The van der Waals surface area contributed by atoms with Crippen molar-refractivity contribution in [1.29, 1.82) is 0 Å². The maximum atomic E-state index is 13.7. The molecule has 1 aliphatic heterocycles. The molecule has 3 aromatic rings. The lowest BCUT2D eigenvalue weighted by molar-refractivity contribution is 0.285. The molecule has 1 aliphatic rings. The summed E-state index contributed by atoms with van der Waals surface area (Å²) in [6.07, 6.45) is 1.24. The number of rotatable bonds is 5. The predicted octanol–water partition coefficient (Wildman–Crippen LogP) is 3.59. The van der Waals surface area contributed by atoms with Crippen molar-refractivity contribution in [1.82, 2.24) is 14.5 Å². The molecule has 10 heteroatoms. The molecule has 0 saturated carbocycles. The van der Waals surface area contributed by atoms with Gasteiger partial charge in [0.1, 0.15) is 22.3 Å². The van der Waals surface area contributed by atoms with Gasteiger partial charge in [-0.15, -0.1) is 10.2 Å². The van der Waals surface area contributed by atoms with Crippen LogP contribution in [0, 0.1) is 11.6 Å². The fraction of sp³-hybridized carbons (Fsp3) is 0.300. The van der Waals surface area contributed by atoms with Crippen molar-refractivity contribution in [3.8, 4) is 17.2 Å². The normalized spacial score (nSPS) is 17.8. The standard InChI is InChI=1S/C20H19F2N3O4S/c1-28-17-9-8-16(22)11-18(17)30(26,27)25-10-2-3-14(12-25)20-24-23-19(29-20)13-4-6-15(21)7-5-13/h4-9,11,14H,2-3,10,12H2,1H3. The molecular weight excluding hydrogens is 416 g/mol. The van der Waals surface area contributed by atoms with Crippen LogP contribution >= 0.6 is 0 Å². The van der Waals surface area contributed by atoms with Crippen molar-refractivity contribution < 1.29 is 26.4 Å². The average Bonchev–Trinajstić information content (AvgIpc) is 3.24. The van der Waals surface area contributed by atoms with E-state index in [1.54, 1.807) is 0 Å². The molecule has 0 radical (unpaired) electrons. The van der Waals surface area contributed by atoms with Gasteiger partial charge in [0.2, 0.25) is 21.8 Å². The largest absolute Gasteiger partial charge is 0.495 e. The van der Waals surface area contributed by atoms with E-state index in [1.807, 2.05) is 0 Å². The summed E-state index contributed by atoms with van der Waals surface area (Å²) < 4.78 is 65.2. The van der Waals surface area contributed by atoms with Crippen molar-refractivity contribution in [2.45, 2.75) is 23.7 Å².